The third-order valence-electron chi connectivity index (χ3n) is 3.22. The van der Waals surface area contributed by atoms with Crippen LogP contribution in [0.3, 0.4) is 0 Å². The zero-order valence-electron chi connectivity index (χ0n) is 14.7. The lowest BCUT2D eigenvalue weighted by Crippen LogP contribution is -2.26. The van der Waals surface area contributed by atoms with Crippen molar-refractivity contribution in [1.29, 1.82) is 0 Å². The highest BCUT2D eigenvalue weighted by atomic mass is 32.1. The average molecular weight is 363 g/mol. The first kappa shape index (κ1) is 18.9. The second kappa shape index (κ2) is 8.06. The third-order valence-corrected chi connectivity index (χ3v) is 4.27. The molecule has 2 heterocycles. The van der Waals surface area contributed by atoms with Crippen molar-refractivity contribution in [2.24, 2.45) is 5.92 Å². The summed E-state index contributed by atoms with van der Waals surface area (Å²) < 4.78 is 6.51. The van der Waals surface area contributed by atoms with Crippen molar-refractivity contribution in [3.05, 3.63) is 44.8 Å². The predicted octanol–water partition coefficient (Wildman–Crippen LogP) is 2.37. The number of nitrogens with one attached hydrogen (secondary N) is 1. The number of nitrogens with zero attached hydrogens (tertiary/aromatic N) is 2. The Morgan fingerprint density at radius 3 is 2.72 bits per heavy atom. The van der Waals surface area contributed by atoms with Crippen LogP contribution in [0.15, 0.2) is 23.1 Å². The molecule has 8 heteroatoms. The number of carbonyl (C=O) groups excluding carboxylic acids is 2. The molecule has 0 aliphatic carbocycles. The number of aryl methyl sites for hydroxylation is 2. The van der Waals surface area contributed by atoms with E-state index in [-0.39, 0.29) is 23.9 Å². The fourth-order valence-electron chi connectivity index (χ4n) is 2.04. The summed E-state index contributed by atoms with van der Waals surface area (Å²) >= 11 is 1.06. The average Bonchev–Trinajstić information content (AvgIpc) is 2.88. The van der Waals surface area contributed by atoms with Gasteiger partial charge in [0.2, 0.25) is 5.91 Å². The molecule has 1 N–H and O–H groups in total. The lowest BCUT2D eigenvalue weighted by atomic mass is 10.2. The Kier molecular flexibility index (Phi) is 6.08. The summed E-state index contributed by atoms with van der Waals surface area (Å²) in [7, 11) is 0. The minimum atomic E-state index is -0.445. The van der Waals surface area contributed by atoms with Crippen molar-refractivity contribution in [3.8, 4) is 0 Å². The lowest BCUT2D eigenvalue weighted by Gasteiger charge is -2.06. The molecular weight excluding hydrogens is 342 g/mol. The van der Waals surface area contributed by atoms with Crippen LogP contribution in [0, 0.1) is 19.8 Å². The lowest BCUT2D eigenvalue weighted by molar-refractivity contribution is -0.116. The Balaban J connectivity index is 2.04. The van der Waals surface area contributed by atoms with Crippen LogP contribution in [0.4, 0.5) is 5.13 Å². The van der Waals surface area contributed by atoms with Crippen LogP contribution in [0.5, 0.6) is 0 Å². The topological polar surface area (TPSA) is 90.3 Å². The predicted molar refractivity (Wildman–Crippen MR) is 96.0 cm³/mol. The molecular formula is C17H21N3O4S. The molecule has 2 aromatic rings. The van der Waals surface area contributed by atoms with Crippen molar-refractivity contribution in [3.63, 3.8) is 0 Å². The van der Waals surface area contributed by atoms with Crippen molar-refractivity contribution in [2.75, 3.05) is 11.9 Å². The Morgan fingerprint density at radius 2 is 2.04 bits per heavy atom. The van der Waals surface area contributed by atoms with E-state index in [2.05, 4.69) is 10.3 Å². The fraction of sp³-hybridized carbons (Fsp3) is 0.412. The number of ether oxygens (including phenoxy) is 1. The first-order chi connectivity index (χ1) is 11.8. The van der Waals surface area contributed by atoms with Gasteiger partial charge in [0.25, 0.3) is 5.56 Å². The second-order valence-electron chi connectivity index (χ2n) is 6.15. The van der Waals surface area contributed by atoms with Gasteiger partial charge in [0, 0.05) is 12.3 Å². The van der Waals surface area contributed by atoms with E-state index in [1.54, 1.807) is 19.2 Å². The van der Waals surface area contributed by atoms with Crippen molar-refractivity contribution in [2.45, 2.75) is 34.2 Å². The summed E-state index contributed by atoms with van der Waals surface area (Å²) in [6.07, 6.45) is 1.61. The van der Waals surface area contributed by atoms with Crippen molar-refractivity contribution >= 4 is 28.3 Å². The summed E-state index contributed by atoms with van der Waals surface area (Å²) in [6.45, 7) is 7.63. The van der Waals surface area contributed by atoms with E-state index in [1.807, 2.05) is 20.8 Å². The number of hydrogen-bond acceptors (Lipinski definition) is 6. The van der Waals surface area contributed by atoms with Crippen LogP contribution < -0.4 is 10.9 Å². The van der Waals surface area contributed by atoms with Gasteiger partial charge in [-0.25, -0.2) is 9.78 Å². The zero-order chi connectivity index (χ0) is 18.6. The van der Waals surface area contributed by atoms with Crippen LogP contribution in [0.2, 0.25) is 0 Å². The minimum Gasteiger partial charge on any atom is -0.461 e. The molecule has 0 radical (unpaired) electrons. The molecule has 7 nitrogen and oxygen atoms in total. The molecule has 0 saturated heterocycles. The van der Waals surface area contributed by atoms with Crippen LogP contribution in [0.1, 0.15) is 34.8 Å². The number of aromatic nitrogens is 2. The SMILES string of the molecule is Cc1ccc(=O)n(CC(=O)Nc2nc(C)c(C(=O)OCC(C)C)s2)c1. The number of esters is 1. The highest BCUT2D eigenvalue weighted by molar-refractivity contribution is 7.17. The molecule has 0 aromatic carbocycles. The summed E-state index contributed by atoms with van der Waals surface area (Å²) in [4.78, 5) is 40.4. The second-order valence-corrected chi connectivity index (χ2v) is 7.15. The first-order valence-electron chi connectivity index (χ1n) is 7.87. The molecule has 25 heavy (non-hydrogen) atoms. The standard InChI is InChI=1S/C17H21N3O4S/c1-10(2)9-24-16(23)15-12(4)18-17(25-15)19-13(21)8-20-7-11(3)5-6-14(20)22/h5-7,10H,8-9H2,1-4H3,(H,18,19,21). The number of anilines is 1. The van der Waals surface area contributed by atoms with Crippen LogP contribution in [0.25, 0.3) is 0 Å². The summed E-state index contributed by atoms with van der Waals surface area (Å²) in [5.74, 6) is -0.591. The van der Waals surface area contributed by atoms with Gasteiger partial charge in [-0.2, -0.15) is 0 Å². The van der Waals surface area contributed by atoms with Crippen molar-refractivity contribution in [1.82, 2.24) is 9.55 Å². The molecule has 0 spiro atoms. The Morgan fingerprint density at radius 1 is 1.32 bits per heavy atom. The number of thiazole rings is 1. The maximum atomic E-state index is 12.1. The van der Waals surface area contributed by atoms with Crippen molar-refractivity contribution < 1.29 is 14.3 Å². The van der Waals surface area contributed by atoms with E-state index in [1.165, 1.54) is 10.6 Å². The number of pyridine rings is 1. The van der Waals surface area contributed by atoms with Gasteiger partial charge >= 0.3 is 5.97 Å². The minimum absolute atomic E-state index is 0.119. The molecule has 0 saturated carbocycles. The van der Waals surface area contributed by atoms with E-state index in [9.17, 15) is 14.4 Å². The van der Waals surface area contributed by atoms with Gasteiger partial charge < -0.3 is 14.6 Å². The first-order valence-corrected chi connectivity index (χ1v) is 8.69. The Hall–Kier alpha value is -2.48. The number of hydrogen-bond donors (Lipinski definition) is 1. The van der Waals surface area contributed by atoms with E-state index < -0.39 is 5.97 Å². The van der Waals surface area contributed by atoms with Gasteiger partial charge in [0.05, 0.1) is 12.3 Å². The van der Waals surface area contributed by atoms with Gasteiger partial charge in [-0.05, 0) is 25.3 Å². The molecule has 134 valence electrons. The quantitative estimate of drug-likeness (QED) is 0.796. The van der Waals surface area contributed by atoms with Crippen LogP contribution in [-0.4, -0.2) is 28.0 Å². The third kappa shape index (κ3) is 5.25. The number of carbonyl (C=O) groups is 2. The van der Waals surface area contributed by atoms with E-state index >= 15 is 0 Å². The number of rotatable bonds is 6. The van der Waals surface area contributed by atoms with E-state index in [0.717, 1.165) is 16.9 Å². The molecule has 0 atom stereocenters. The molecule has 0 bridgehead atoms. The molecule has 1 amide bonds. The molecule has 0 aliphatic rings. The molecule has 0 unspecified atom stereocenters. The molecule has 0 aliphatic heterocycles. The highest BCUT2D eigenvalue weighted by Gasteiger charge is 2.18. The maximum Gasteiger partial charge on any atom is 0.350 e. The van der Waals surface area contributed by atoms with Gasteiger partial charge in [-0.3, -0.25) is 9.59 Å². The number of amides is 1. The highest BCUT2D eigenvalue weighted by Crippen LogP contribution is 2.23. The summed E-state index contributed by atoms with van der Waals surface area (Å²) in [5, 5.41) is 2.92. The van der Waals surface area contributed by atoms with Gasteiger partial charge in [-0.15, -0.1) is 0 Å². The smallest absolute Gasteiger partial charge is 0.350 e. The molecule has 2 aromatic heterocycles. The molecule has 2 rings (SSSR count). The zero-order valence-corrected chi connectivity index (χ0v) is 15.5. The molecule has 0 fully saturated rings. The van der Waals surface area contributed by atoms with Crippen LogP contribution >= 0.6 is 11.3 Å². The maximum absolute atomic E-state index is 12.1. The largest absolute Gasteiger partial charge is 0.461 e. The Labute approximate surface area is 149 Å². The van der Waals surface area contributed by atoms with Gasteiger partial charge in [-0.1, -0.05) is 31.3 Å². The van der Waals surface area contributed by atoms with Gasteiger partial charge in [0.1, 0.15) is 11.4 Å². The normalized spacial score (nSPS) is 10.8. The van der Waals surface area contributed by atoms with Gasteiger partial charge in [0.15, 0.2) is 5.13 Å². The monoisotopic (exact) mass is 363 g/mol. The van der Waals surface area contributed by atoms with E-state index in [4.69, 9.17) is 4.74 Å². The summed E-state index contributed by atoms with van der Waals surface area (Å²) in [5.41, 5.74) is 1.13. The Bertz CT molecular complexity index is 839. The fourth-order valence-corrected chi connectivity index (χ4v) is 2.91. The van der Waals surface area contributed by atoms with E-state index in [0.29, 0.717) is 22.3 Å². The summed E-state index contributed by atoms with van der Waals surface area (Å²) in [6, 6.07) is 3.11. The van der Waals surface area contributed by atoms with Crippen LogP contribution in [-0.2, 0) is 16.1 Å².